The fourth-order valence-electron chi connectivity index (χ4n) is 1.88. The lowest BCUT2D eigenvalue weighted by atomic mass is 9.85. The molecule has 0 aliphatic heterocycles. The van der Waals surface area contributed by atoms with E-state index in [9.17, 15) is 13.2 Å². The summed E-state index contributed by atoms with van der Waals surface area (Å²) < 4.78 is 36.0. The molecule has 0 amide bonds. The SMILES string of the molecule is NOC1CCCC(CC(F)(F)F)C1. The Morgan fingerprint density at radius 1 is 1.31 bits per heavy atom. The first-order chi connectivity index (χ1) is 6.01. The van der Waals surface area contributed by atoms with Crippen molar-refractivity contribution in [3.8, 4) is 0 Å². The van der Waals surface area contributed by atoms with Crippen LogP contribution in [0.4, 0.5) is 13.2 Å². The molecule has 5 heteroatoms. The second kappa shape index (κ2) is 4.28. The van der Waals surface area contributed by atoms with Gasteiger partial charge in [0.1, 0.15) is 0 Å². The standard InChI is InChI=1S/C8H14F3NO/c9-8(10,11)5-6-2-1-3-7(4-6)13-12/h6-7H,1-5,12H2. The Hall–Kier alpha value is -0.290. The van der Waals surface area contributed by atoms with Crippen LogP contribution >= 0.6 is 0 Å². The molecule has 0 aromatic rings. The monoisotopic (exact) mass is 197 g/mol. The number of nitrogens with two attached hydrogens (primary N) is 1. The first-order valence-electron chi connectivity index (χ1n) is 4.43. The topological polar surface area (TPSA) is 35.2 Å². The van der Waals surface area contributed by atoms with E-state index < -0.39 is 12.6 Å². The van der Waals surface area contributed by atoms with Crippen LogP contribution in [0.2, 0.25) is 0 Å². The molecule has 0 saturated heterocycles. The lowest BCUT2D eigenvalue weighted by Gasteiger charge is -2.27. The third-order valence-electron chi connectivity index (χ3n) is 2.45. The average molecular weight is 197 g/mol. The highest BCUT2D eigenvalue weighted by molar-refractivity contribution is 4.75. The molecule has 0 aromatic carbocycles. The van der Waals surface area contributed by atoms with Crippen molar-refractivity contribution in [1.82, 2.24) is 0 Å². The highest BCUT2D eigenvalue weighted by atomic mass is 19.4. The van der Waals surface area contributed by atoms with Gasteiger partial charge in [0.05, 0.1) is 6.10 Å². The molecule has 0 spiro atoms. The summed E-state index contributed by atoms with van der Waals surface area (Å²) in [4.78, 5) is 4.57. The molecule has 1 saturated carbocycles. The van der Waals surface area contributed by atoms with Crippen LogP contribution in [0, 0.1) is 5.92 Å². The molecule has 78 valence electrons. The zero-order valence-corrected chi connectivity index (χ0v) is 7.31. The second-order valence-electron chi connectivity index (χ2n) is 3.61. The first-order valence-corrected chi connectivity index (χ1v) is 4.43. The molecule has 1 aliphatic carbocycles. The van der Waals surface area contributed by atoms with Crippen molar-refractivity contribution in [3.63, 3.8) is 0 Å². The molecule has 0 aromatic heterocycles. The molecule has 13 heavy (non-hydrogen) atoms. The minimum Gasteiger partial charge on any atom is -0.301 e. The highest BCUT2D eigenvalue weighted by Crippen LogP contribution is 2.34. The Labute approximate surface area is 75.2 Å². The van der Waals surface area contributed by atoms with E-state index in [0.717, 1.165) is 12.8 Å². The van der Waals surface area contributed by atoms with Crippen LogP contribution < -0.4 is 5.90 Å². The van der Waals surface area contributed by atoms with Gasteiger partial charge in [-0.3, -0.25) is 0 Å². The van der Waals surface area contributed by atoms with Crippen molar-refractivity contribution in [2.24, 2.45) is 11.8 Å². The van der Waals surface area contributed by atoms with Crippen molar-refractivity contribution < 1.29 is 18.0 Å². The van der Waals surface area contributed by atoms with E-state index in [1.165, 1.54) is 0 Å². The summed E-state index contributed by atoms with van der Waals surface area (Å²) in [7, 11) is 0. The molecule has 0 heterocycles. The van der Waals surface area contributed by atoms with Gasteiger partial charge in [0.2, 0.25) is 0 Å². The van der Waals surface area contributed by atoms with Gasteiger partial charge in [-0.1, -0.05) is 6.42 Å². The smallest absolute Gasteiger partial charge is 0.301 e. The normalized spacial score (nSPS) is 30.5. The maximum Gasteiger partial charge on any atom is 0.389 e. The van der Waals surface area contributed by atoms with Crippen molar-refractivity contribution >= 4 is 0 Å². The molecule has 2 atom stereocenters. The van der Waals surface area contributed by atoms with Crippen LogP contribution in [0.5, 0.6) is 0 Å². The van der Waals surface area contributed by atoms with Crippen LogP contribution in [-0.4, -0.2) is 12.3 Å². The average Bonchev–Trinajstić information content (AvgIpc) is 2.01. The van der Waals surface area contributed by atoms with Crippen LogP contribution in [-0.2, 0) is 4.84 Å². The van der Waals surface area contributed by atoms with E-state index in [0.29, 0.717) is 12.8 Å². The first kappa shape index (κ1) is 10.8. The molecule has 2 unspecified atom stereocenters. The Balaban J connectivity index is 2.34. The number of rotatable bonds is 2. The van der Waals surface area contributed by atoms with Crippen molar-refractivity contribution in [3.05, 3.63) is 0 Å². The lowest BCUT2D eigenvalue weighted by Crippen LogP contribution is -2.28. The highest BCUT2D eigenvalue weighted by Gasteiger charge is 2.34. The van der Waals surface area contributed by atoms with Gasteiger partial charge in [-0.25, -0.2) is 5.90 Å². The molecule has 0 bridgehead atoms. The molecule has 1 fully saturated rings. The van der Waals surface area contributed by atoms with Gasteiger partial charge in [-0.2, -0.15) is 13.2 Å². The molecular weight excluding hydrogens is 183 g/mol. The summed E-state index contributed by atoms with van der Waals surface area (Å²) in [5.41, 5.74) is 0. The largest absolute Gasteiger partial charge is 0.389 e. The zero-order chi connectivity index (χ0) is 9.90. The maximum atomic E-state index is 12.0. The molecule has 0 radical (unpaired) electrons. The zero-order valence-electron chi connectivity index (χ0n) is 7.31. The van der Waals surface area contributed by atoms with Crippen LogP contribution in [0.3, 0.4) is 0 Å². The van der Waals surface area contributed by atoms with E-state index in [2.05, 4.69) is 4.84 Å². The Morgan fingerprint density at radius 2 is 2.00 bits per heavy atom. The van der Waals surface area contributed by atoms with E-state index >= 15 is 0 Å². The number of hydrogen-bond donors (Lipinski definition) is 1. The van der Waals surface area contributed by atoms with E-state index in [1.807, 2.05) is 0 Å². The van der Waals surface area contributed by atoms with E-state index in [-0.39, 0.29) is 12.0 Å². The lowest BCUT2D eigenvalue weighted by molar-refractivity contribution is -0.150. The number of halogens is 3. The van der Waals surface area contributed by atoms with Gasteiger partial charge < -0.3 is 4.84 Å². The maximum absolute atomic E-state index is 12.0. The summed E-state index contributed by atoms with van der Waals surface area (Å²) in [5, 5.41) is 0. The minimum atomic E-state index is -4.05. The second-order valence-corrected chi connectivity index (χ2v) is 3.61. The summed E-state index contributed by atoms with van der Waals surface area (Å²) in [6.07, 6.45) is -2.29. The molecular formula is C8H14F3NO. The van der Waals surface area contributed by atoms with Crippen molar-refractivity contribution in [1.29, 1.82) is 0 Å². The summed E-state index contributed by atoms with van der Waals surface area (Å²) in [6.45, 7) is 0. The van der Waals surface area contributed by atoms with Crippen LogP contribution in [0.25, 0.3) is 0 Å². The number of alkyl halides is 3. The van der Waals surface area contributed by atoms with Gasteiger partial charge >= 0.3 is 6.18 Å². The van der Waals surface area contributed by atoms with Gasteiger partial charge in [-0.05, 0) is 25.2 Å². The summed E-state index contributed by atoms with van der Waals surface area (Å²) in [6, 6.07) is 0. The Bertz CT molecular complexity index is 160. The van der Waals surface area contributed by atoms with Gasteiger partial charge in [0.15, 0.2) is 0 Å². The van der Waals surface area contributed by atoms with Crippen molar-refractivity contribution in [2.75, 3.05) is 0 Å². The fraction of sp³-hybridized carbons (Fsp3) is 1.00. The fourth-order valence-corrected chi connectivity index (χ4v) is 1.88. The Kier molecular flexibility index (Phi) is 3.55. The van der Waals surface area contributed by atoms with Crippen LogP contribution in [0.1, 0.15) is 32.1 Å². The van der Waals surface area contributed by atoms with Gasteiger partial charge in [-0.15, -0.1) is 0 Å². The Morgan fingerprint density at radius 3 is 2.54 bits per heavy atom. The summed E-state index contributed by atoms with van der Waals surface area (Å²) >= 11 is 0. The quantitative estimate of drug-likeness (QED) is 0.690. The van der Waals surface area contributed by atoms with Crippen LogP contribution in [0.15, 0.2) is 0 Å². The van der Waals surface area contributed by atoms with Crippen molar-refractivity contribution in [2.45, 2.75) is 44.4 Å². The van der Waals surface area contributed by atoms with Gasteiger partial charge in [0, 0.05) is 6.42 Å². The molecule has 2 N–H and O–H groups in total. The third kappa shape index (κ3) is 3.95. The predicted octanol–water partition coefficient (Wildman–Crippen LogP) is 2.39. The number of hydrogen-bond acceptors (Lipinski definition) is 2. The van der Waals surface area contributed by atoms with E-state index in [1.54, 1.807) is 0 Å². The van der Waals surface area contributed by atoms with E-state index in [4.69, 9.17) is 5.90 Å². The minimum absolute atomic E-state index is 0.180. The predicted molar refractivity (Wildman–Crippen MR) is 41.7 cm³/mol. The van der Waals surface area contributed by atoms with Gasteiger partial charge in [0.25, 0.3) is 0 Å². The molecule has 2 nitrogen and oxygen atoms in total. The third-order valence-corrected chi connectivity index (χ3v) is 2.45. The molecule has 1 aliphatic rings. The summed E-state index contributed by atoms with van der Waals surface area (Å²) in [5.74, 6) is 4.64. The molecule has 1 rings (SSSR count).